The van der Waals surface area contributed by atoms with E-state index in [4.69, 9.17) is 10.0 Å². The van der Waals surface area contributed by atoms with Crippen molar-refractivity contribution in [3.05, 3.63) is 46.3 Å². The molecule has 0 saturated carbocycles. The van der Waals surface area contributed by atoms with Gasteiger partial charge in [-0.3, -0.25) is 0 Å². The Morgan fingerprint density at radius 3 is 2.50 bits per heavy atom. The van der Waals surface area contributed by atoms with Crippen molar-refractivity contribution in [3.8, 4) is 0 Å². The van der Waals surface area contributed by atoms with Gasteiger partial charge >= 0.3 is 7.12 Å². The Kier molecular flexibility index (Phi) is 3.68. The van der Waals surface area contributed by atoms with E-state index >= 15 is 0 Å². The van der Waals surface area contributed by atoms with Crippen molar-refractivity contribution in [3.63, 3.8) is 0 Å². The maximum Gasteiger partial charge on any atom is 0.488 e. The molecule has 0 aromatic heterocycles. The molecule has 1 aromatic carbocycles. The number of hydrogen-bond acceptors (Lipinski definition) is 2. The topological polar surface area (TPSA) is 40.5 Å². The normalized spacial score (nSPS) is 13.1. The van der Waals surface area contributed by atoms with Gasteiger partial charge < -0.3 is 10.0 Å². The number of rotatable bonds is 2. The van der Waals surface area contributed by atoms with Crippen molar-refractivity contribution in [1.29, 1.82) is 0 Å². The first-order valence-electron chi connectivity index (χ1n) is 4.43. The van der Waals surface area contributed by atoms with Gasteiger partial charge in [0.15, 0.2) is 0 Å². The summed E-state index contributed by atoms with van der Waals surface area (Å²) in [6.07, 6.45) is 3.38. The van der Waals surface area contributed by atoms with E-state index in [-0.39, 0.29) is 0 Å². The molecule has 0 atom stereocenters. The molecular weight excluding hydrogens is 175 g/mol. The molecular formula is C11H13BO2. The SMILES string of the molecule is C=c1cccc/c1=C/C(=C\C)B(O)O. The second-order valence-corrected chi connectivity index (χ2v) is 3.01. The number of hydrogen-bond donors (Lipinski definition) is 2. The Hall–Kier alpha value is -1.32. The lowest BCUT2D eigenvalue weighted by molar-refractivity contribution is 0.421. The van der Waals surface area contributed by atoms with Gasteiger partial charge in [-0.15, -0.1) is 0 Å². The number of benzene rings is 1. The summed E-state index contributed by atoms with van der Waals surface area (Å²) in [5.74, 6) is 0. The molecule has 0 bridgehead atoms. The second kappa shape index (κ2) is 4.79. The maximum absolute atomic E-state index is 9.00. The standard InChI is InChI=1S/C11H13BO2/c1-3-11(12(13)14)8-10-7-5-4-6-9(10)2/h3-8,13-14H,2H2,1H3/b10-8-,11-3+. The molecule has 0 aliphatic rings. The van der Waals surface area contributed by atoms with Gasteiger partial charge in [0.25, 0.3) is 0 Å². The molecule has 0 radical (unpaired) electrons. The van der Waals surface area contributed by atoms with Crippen molar-refractivity contribution in [2.45, 2.75) is 6.92 Å². The van der Waals surface area contributed by atoms with Gasteiger partial charge in [-0.05, 0) is 22.8 Å². The summed E-state index contributed by atoms with van der Waals surface area (Å²) >= 11 is 0. The Labute approximate surface area is 83.7 Å². The van der Waals surface area contributed by atoms with Crippen LogP contribution in [0.25, 0.3) is 12.7 Å². The van der Waals surface area contributed by atoms with Crippen molar-refractivity contribution in [2.24, 2.45) is 0 Å². The van der Waals surface area contributed by atoms with E-state index in [0.717, 1.165) is 10.4 Å². The second-order valence-electron chi connectivity index (χ2n) is 3.01. The molecule has 0 spiro atoms. The highest BCUT2D eigenvalue weighted by molar-refractivity contribution is 6.53. The summed E-state index contributed by atoms with van der Waals surface area (Å²) < 4.78 is 0. The maximum atomic E-state index is 9.00. The van der Waals surface area contributed by atoms with Crippen LogP contribution in [-0.4, -0.2) is 17.2 Å². The van der Waals surface area contributed by atoms with Crippen molar-refractivity contribution < 1.29 is 10.0 Å². The predicted octanol–water partition coefficient (Wildman–Crippen LogP) is -0.164. The molecule has 1 aromatic rings. The van der Waals surface area contributed by atoms with Crippen LogP contribution in [0.4, 0.5) is 0 Å². The zero-order valence-electron chi connectivity index (χ0n) is 8.14. The minimum Gasteiger partial charge on any atom is -0.423 e. The van der Waals surface area contributed by atoms with Crippen LogP contribution in [-0.2, 0) is 0 Å². The molecule has 0 fully saturated rings. The summed E-state index contributed by atoms with van der Waals surface area (Å²) in [6.45, 7) is 5.61. The lowest BCUT2D eigenvalue weighted by Gasteiger charge is -1.97. The van der Waals surface area contributed by atoms with Crippen LogP contribution in [0.5, 0.6) is 0 Å². The summed E-state index contributed by atoms with van der Waals surface area (Å²) in [5.41, 5.74) is 0.473. The Morgan fingerprint density at radius 2 is 2.00 bits per heavy atom. The van der Waals surface area contributed by atoms with E-state index in [9.17, 15) is 0 Å². The monoisotopic (exact) mass is 188 g/mol. The lowest BCUT2D eigenvalue weighted by Crippen LogP contribution is -2.24. The molecule has 0 saturated heterocycles. The van der Waals surface area contributed by atoms with Crippen LogP contribution < -0.4 is 10.4 Å². The van der Waals surface area contributed by atoms with Crippen molar-refractivity contribution in [1.82, 2.24) is 0 Å². The fourth-order valence-corrected chi connectivity index (χ4v) is 1.16. The van der Waals surface area contributed by atoms with Crippen LogP contribution in [0.2, 0.25) is 0 Å². The first kappa shape index (κ1) is 10.8. The third kappa shape index (κ3) is 2.59. The quantitative estimate of drug-likeness (QED) is 0.633. The third-order valence-corrected chi connectivity index (χ3v) is 2.01. The fourth-order valence-electron chi connectivity index (χ4n) is 1.16. The predicted molar refractivity (Wildman–Crippen MR) is 59.6 cm³/mol. The minimum absolute atomic E-state index is 0.473. The van der Waals surface area contributed by atoms with E-state index < -0.39 is 7.12 Å². The van der Waals surface area contributed by atoms with Crippen molar-refractivity contribution >= 4 is 19.8 Å². The lowest BCUT2D eigenvalue weighted by atomic mass is 9.78. The zero-order chi connectivity index (χ0) is 10.6. The van der Waals surface area contributed by atoms with Crippen LogP contribution in [0.3, 0.4) is 0 Å². The van der Waals surface area contributed by atoms with Gasteiger partial charge in [-0.1, -0.05) is 43.0 Å². The van der Waals surface area contributed by atoms with Gasteiger partial charge in [0.2, 0.25) is 0 Å². The van der Waals surface area contributed by atoms with Crippen LogP contribution in [0.1, 0.15) is 6.92 Å². The molecule has 0 unspecified atom stereocenters. The van der Waals surface area contributed by atoms with Crippen LogP contribution >= 0.6 is 0 Å². The molecule has 2 nitrogen and oxygen atoms in total. The summed E-state index contributed by atoms with van der Waals surface area (Å²) in [6, 6.07) is 7.54. The highest BCUT2D eigenvalue weighted by atomic mass is 16.4. The van der Waals surface area contributed by atoms with Crippen LogP contribution in [0.15, 0.2) is 35.8 Å². The fraction of sp³-hybridized carbons (Fsp3) is 0.0909. The molecule has 72 valence electrons. The zero-order valence-corrected chi connectivity index (χ0v) is 8.14. The van der Waals surface area contributed by atoms with E-state index in [1.807, 2.05) is 24.3 Å². The first-order valence-corrected chi connectivity index (χ1v) is 4.43. The van der Waals surface area contributed by atoms with Gasteiger partial charge in [-0.2, -0.15) is 0 Å². The molecule has 0 aliphatic heterocycles. The Bertz CT molecular complexity index is 435. The van der Waals surface area contributed by atoms with Gasteiger partial charge in [0, 0.05) is 0 Å². The summed E-state index contributed by atoms with van der Waals surface area (Å²) in [5, 5.41) is 19.8. The van der Waals surface area contributed by atoms with Crippen LogP contribution in [0, 0.1) is 0 Å². The van der Waals surface area contributed by atoms with E-state index in [0.29, 0.717) is 5.47 Å². The average Bonchev–Trinajstić information content (AvgIpc) is 2.16. The van der Waals surface area contributed by atoms with Crippen molar-refractivity contribution in [2.75, 3.05) is 0 Å². The van der Waals surface area contributed by atoms with E-state index in [2.05, 4.69) is 6.58 Å². The number of allylic oxidation sites excluding steroid dienone is 2. The average molecular weight is 188 g/mol. The summed E-state index contributed by atoms with van der Waals surface area (Å²) in [4.78, 5) is 0. The van der Waals surface area contributed by atoms with Gasteiger partial charge in [0.1, 0.15) is 0 Å². The molecule has 2 N–H and O–H groups in total. The molecule has 0 heterocycles. The Balaban J connectivity index is 3.23. The highest BCUT2D eigenvalue weighted by Gasteiger charge is 2.09. The molecule has 0 aliphatic carbocycles. The third-order valence-electron chi connectivity index (χ3n) is 2.01. The molecule has 1 rings (SSSR count). The van der Waals surface area contributed by atoms with Gasteiger partial charge in [-0.25, -0.2) is 0 Å². The molecule has 0 amide bonds. The molecule has 3 heteroatoms. The first-order chi connectivity index (χ1) is 6.65. The molecule has 14 heavy (non-hydrogen) atoms. The Morgan fingerprint density at radius 1 is 1.36 bits per heavy atom. The van der Waals surface area contributed by atoms with E-state index in [1.165, 1.54) is 0 Å². The van der Waals surface area contributed by atoms with Gasteiger partial charge in [0.05, 0.1) is 0 Å². The smallest absolute Gasteiger partial charge is 0.423 e. The largest absolute Gasteiger partial charge is 0.488 e. The summed E-state index contributed by atoms with van der Waals surface area (Å²) in [7, 11) is -1.43. The highest BCUT2D eigenvalue weighted by Crippen LogP contribution is 1.96. The van der Waals surface area contributed by atoms with E-state index in [1.54, 1.807) is 19.1 Å². The minimum atomic E-state index is -1.43.